The van der Waals surface area contributed by atoms with Gasteiger partial charge in [0, 0.05) is 31.7 Å². The minimum atomic E-state index is -0.0224. The van der Waals surface area contributed by atoms with E-state index in [1.807, 2.05) is 18.2 Å². The van der Waals surface area contributed by atoms with Crippen molar-refractivity contribution in [3.8, 4) is 0 Å². The van der Waals surface area contributed by atoms with E-state index >= 15 is 0 Å². The van der Waals surface area contributed by atoms with Gasteiger partial charge in [-0.3, -0.25) is 4.79 Å². The minimum absolute atomic E-state index is 0.0224. The van der Waals surface area contributed by atoms with Gasteiger partial charge in [0.15, 0.2) is 0 Å². The molecule has 0 aliphatic carbocycles. The predicted molar refractivity (Wildman–Crippen MR) is 87.3 cm³/mol. The zero-order valence-corrected chi connectivity index (χ0v) is 13.4. The van der Waals surface area contributed by atoms with Gasteiger partial charge in [-0.1, -0.05) is 18.2 Å². The second-order valence-corrected chi connectivity index (χ2v) is 6.21. The summed E-state index contributed by atoms with van der Waals surface area (Å²) in [7, 11) is 0. The van der Waals surface area contributed by atoms with Gasteiger partial charge in [0.05, 0.1) is 0 Å². The SMILES string of the molecule is CC(=O)Nc1ccccc1CNCC1CCN(C(C)C)C1. The van der Waals surface area contributed by atoms with E-state index in [9.17, 15) is 4.79 Å². The summed E-state index contributed by atoms with van der Waals surface area (Å²) in [5.41, 5.74) is 2.05. The van der Waals surface area contributed by atoms with Crippen LogP contribution in [0.2, 0.25) is 0 Å². The molecule has 0 spiro atoms. The smallest absolute Gasteiger partial charge is 0.221 e. The number of carbonyl (C=O) groups excluding carboxylic acids is 1. The van der Waals surface area contributed by atoms with Gasteiger partial charge in [-0.15, -0.1) is 0 Å². The number of carbonyl (C=O) groups is 1. The largest absolute Gasteiger partial charge is 0.326 e. The van der Waals surface area contributed by atoms with Gasteiger partial charge in [0.25, 0.3) is 0 Å². The predicted octanol–water partition coefficient (Wildman–Crippen LogP) is 2.46. The lowest BCUT2D eigenvalue weighted by atomic mass is 10.1. The molecule has 4 nitrogen and oxygen atoms in total. The molecule has 0 radical (unpaired) electrons. The number of benzene rings is 1. The molecular weight excluding hydrogens is 262 g/mol. The molecule has 1 saturated heterocycles. The highest BCUT2D eigenvalue weighted by Crippen LogP contribution is 2.18. The van der Waals surface area contributed by atoms with Gasteiger partial charge in [0.1, 0.15) is 0 Å². The molecule has 1 atom stereocenters. The number of anilines is 1. The van der Waals surface area contributed by atoms with Crippen LogP contribution in [0.3, 0.4) is 0 Å². The molecule has 1 amide bonds. The fourth-order valence-corrected chi connectivity index (χ4v) is 2.90. The summed E-state index contributed by atoms with van der Waals surface area (Å²) in [6.07, 6.45) is 1.28. The van der Waals surface area contributed by atoms with Gasteiger partial charge < -0.3 is 15.5 Å². The third-order valence-corrected chi connectivity index (χ3v) is 4.12. The van der Waals surface area contributed by atoms with Gasteiger partial charge in [-0.25, -0.2) is 0 Å². The topological polar surface area (TPSA) is 44.4 Å². The number of amides is 1. The lowest BCUT2D eigenvalue weighted by Gasteiger charge is -2.20. The first-order valence-electron chi connectivity index (χ1n) is 7.86. The number of nitrogens with zero attached hydrogens (tertiary/aromatic N) is 1. The summed E-state index contributed by atoms with van der Waals surface area (Å²) in [6.45, 7) is 10.3. The van der Waals surface area contributed by atoms with Gasteiger partial charge in [-0.2, -0.15) is 0 Å². The Morgan fingerprint density at radius 3 is 2.81 bits per heavy atom. The van der Waals surface area contributed by atoms with Crippen molar-refractivity contribution in [2.75, 3.05) is 25.0 Å². The third kappa shape index (κ3) is 4.83. The van der Waals surface area contributed by atoms with Crippen LogP contribution in [0.1, 0.15) is 32.8 Å². The molecule has 0 bridgehead atoms. The van der Waals surface area contributed by atoms with Crippen LogP contribution in [-0.2, 0) is 11.3 Å². The van der Waals surface area contributed by atoms with E-state index in [1.54, 1.807) is 6.92 Å². The maximum atomic E-state index is 11.2. The molecule has 0 aromatic heterocycles. The Morgan fingerprint density at radius 2 is 2.14 bits per heavy atom. The summed E-state index contributed by atoms with van der Waals surface area (Å²) in [4.78, 5) is 13.8. The van der Waals surface area contributed by atoms with Crippen LogP contribution in [0, 0.1) is 5.92 Å². The molecule has 116 valence electrons. The fourth-order valence-electron chi connectivity index (χ4n) is 2.90. The number of hydrogen-bond donors (Lipinski definition) is 2. The quantitative estimate of drug-likeness (QED) is 0.845. The molecule has 1 aromatic rings. The number of para-hydroxylation sites is 1. The monoisotopic (exact) mass is 289 g/mol. The molecule has 0 saturated carbocycles. The third-order valence-electron chi connectivity index (χ3n) is 4.12. The summed E-state index contributed by atoms with van der Waals surface area (Å²) in [5.74, 6) is 0.714. The normalized spacial score (nSPS) is 19.1. The molecule has 2 N–H and O–H groups in total. The van der Waals surface area contributed by atoms with Crippen LogP contribution in [0.5, 0.6) is 0 Å². The van der Waals surface area contributed by atoms with E-state index in [4.69, 9.17) is 0 Å². The Bertz CT molecular complexity index is 473. The molecule has 1 unspecified atom stereocenters. The highest BCUT2D eigenvalue weighted by molar-refractivity contribution is 5.89. The second-order valence-electron chi connectivity index (χ2n) is 6.21. The molecule has 2 rings (SSSR count). The van der Waals surface area contributed by atoms with Crippen LogP contribution < -0.4 is 10.6 Å². The van der Waals surface area contributed by atoms with E-state index < -0.39 is 0 Å². The zero-order valence-electron chi connectivity index (χ0n) is 13.4. The highest BCUT2D eigenvalue weighted by atomic mass is 16.1. The van der Waals surface area contributed by atoms with Gasteiger partial charge >= 0.3 is 0 Å². The van der Waals surface area contributed by atoms with Crippen molar-refractivity contribution in [1.29, 1.82) is 0 Å². The van der Waals surface area contributed by atoms with Crippen molar-refractivity contribution in [1.82, 2.24) is 10.2 Å². The Balaban J connectivity index is 1.80. The molecular formula is C17H27N3O. The molecule has 1 aliphatic heterocycles. The van der Waals surface area contributed by atoms with Crippen molar-refractivity contribution in [2.24, 2.45) is 5.92 Å². The first-order valence-corrected chi connectivity index (χ1v) is 7.86. The first-order chi connectivity index (χ1) is 10.1. The van der Waals surface area contributed by atoms with Crippen LogP contribution in [0.15, 0.2) is 24.3 Å². The Morgan fingerprint density at radius 1 is 1.38 bits per heavy atom. The fraction of sp³-hybridized carbons (Fsp3) is 0.588. The lowest BCUT2D eigenvalue weighted by molar-refractivity contribution is -0.114. The van der Waals surface area contributed by atoms with Crippen molar-refractivity contribution >= 4 is 11.6 Å². The number of nitrogens with one attached hydrogen (secondary N) is 2. The Kier molecular flexibility index (Phi) is 5.76. The Labute approximate surface area is 127 Å². The van der Waals surface area contributed by atoms with Gasteiger partial charge in [0.2, 0.25) is 5.91 Å². The lowest BCUT2D eigenvalue weighted by Crippen LogP contribution is -2.30. The van der Waals surface area contributed by atoms with Crippen LogP contribution in [0.25, 0.3) is 0 Å². The van der Waals surface area contributed by atoms with Crippen molar-refractivity contribution in [3.63, 3.8) is 0 Å². The number of likely N-dealkylation sites (tertiary alicyclic amines) is 1. The minimum Gasteiger partial charge on any atom is -0.326 e. The maximum absolute atomic E-state index is 11.2. The molecule has 1 aromatic carbocycles. The van der Waals surface area contributed by atoms with E-state index in [1.165, 1.54) is 19.5 Å². The molecule has 1 fully saturated rings. The molecule has 4 heteroatoms. The molecule has 1 aliphatic rings. The summed E-state index contributed by atoms with van der Waals surface area (Å²) in [6, 6.07) is 8.63. The Hall–Kier alpha value is -1.39. The van der Waals surface area contributed by atoms with Crippen LogP contribution in [-0.4, -0.2) is 36.5 Å². The van der Waals surface area contributed by atoms with E-state index in [0.29, 0.717) is 6.04 Å². The second kappa shape index (κ2) is 7.57. The highest BCUT2D eigenvalue weighted by Gasteiger charge is 2.23. The summed E-state index contributed by atoms with van der Waals surface area (Å²) >= 11 is 0. The van der Waals surface area contributed by atoms with E-state index in [-0.39, 0.29) is 5.91 Å². The first kappa shape index (κ1) is 16.0. The molecule has 1 heterocycles. The van der Waals surface area contributed by atoms with Crippen molar-refractivity contribution in [2.45, 2.75) is 39.8 Å². The molecule has 21 heavy (non-hydrogen) atoms. The van der Waals surface area contributed by atoms with Gasteiger partial charge in [-0.05, 0) is 50.9 Å². The maximum Gasteiger partial charge on any atom is 0.221 e. The summed E-state index contributed by atoms with van der Waals surface area (Å²) < 4.78 is 0. The summed E-state index contributed by atoms with van der Waals surface area (Å²) in [5, 5.41) is 6.43. The zero-order chi connectivity index (χ0) is 15.2. The number of rotatable bonds is 6. The van der Waals surface area contributed by atoms with E-state index in [2.05, 4.69) is 35.4 Å². The van der Waals surface area contributed by atoms with Crippen molar-refractivity contribution < 1.29 is 4.79 Å². The average molecular weight is 289 g/mol. The van der Waals surface area contributed by atoms with Crippen LogP contribution >= 0.6 is 0 Å². The van der Waals surface area contributed by atoms with E-state index in [0.717, 1.165) is 30.3 Å². The van der Waals surface area contributed by atoms with Crippen molar-refractivity contribution in [3.05, 3.63) is 29.8 Å². The average Bonchev–Trinajstić information content (AvgIpc) is 2.89. The van der Waals surface area contributed by atoms with Crippen LogP contribution in [0.4, 0.5) is 5.69 Å². The standard InChI is InChI=1S/C17H27N3O/c1-13(2)20-9-8-15(12-20)10-18-11-16-6-4-5-7-17(16)19-14(3)21/h4-7,13,15,18H,8-12H2,1-3H3,(H,19,21). The number of hydrogen-bond acceptors (Lipinski definition) is 3.